The Kier molecular flexibility index (Phi) is 7.31. The topological polar surface area (TPSA) is 48.1 Å². The Bertz CT molecular complexity index is 295. The van der Waals surface area contributed by atoms with Gasteiger partial charge in [0.25, 0.3) is 0 Å². The van der Waals surface area contributed by atoms with Crippen LogP contribution < -0.4 is 21.3 Å². The van der Waals surface area contributed by atoms with E-state index in [9.17, 15) is 0 Å². The fourth-order valence-electron chi connectivity index (χ4n) is 3.74. The molecule has 0 spiro atoms. The van der Waals surface area contributed by atoms with Gasteiger partial charge in [-0.1, -0.05) is 0 Å². The van der Waals surface area contributed by atoms with E-state index in [0.717, 1.165) is 25.9 Å². The third kappa shape index (κ3) is 7.91. The molecule has 4 N–H and O–H groups in total. The van der Waals surface area contributed by atoms with E-state index in [2.05, 4.69) is 76.7 Å². The molecule has 0 unspecified atom stereocenters. The average Bonchev–Trinajstić information content (AvgIpc) is 2.31. The van der Waals surface area contributed by atoms with Gasteiger partial charge in [-0.05, 0) is 68.2 Å². The minimum absolute atomic E-state index is 0.155. The predicted molar refractivity (Wildman–Crippen MR) is 97.5 cm³/mol. The summed E-state index contributed by atoms with van der Waals surface area (Å²) in [7, 11) is 0. The van der Waals surface area contributed by atoms with Crippen LogP contribution in [0.25, 0.3) is 0 Å². The summed E-state index contributed by atoms with van der Waals surface area (Å²) >= 11 is 0. The second-order valence-electron chi connectivity index (χ2n) is 8.88. The lowest BCUT2D eigenvalue weighted by atomic mass is 9.93. The molecule has 1 rings (SSSR count). The summed E-state index contributed by atoms with van der Waals surface area (Å²) in [5.74, 6) is 0. The van der Waals surface area contributed by atoms with Crippen LogP contribution in [0.2, 0.25) is 0 Å². The molecule has 0 aromatic heterocycles. The van der Waals surface area contributed by atoms with Crippen LogP contribution in [0, 0.1) is 0 Å². The maximum Gasteiger partial charge on any atom is 0.0166 e. The maximum atomic E-state index is 3.73. The first-order chi connectivity index (χ1) is 9.99. The number of hydrogen-bond donors (Lipinski definition) is 4. The van der Waals surface area contributed by atoms with Crippen molar-refractivity contribution in [1.29, 1.82) is 0 Å². The third-order valence-corrected chi connectivity index (χ3v) is 4.54. The lowest BCUT2D eigenvalue weighted by molar-refractivity contribution is 0.253. The molecule has 0 aromatic rings. The van der Waals surface area contributed by atoms with Gasteiger partial charge in [0.05, 0.1) is 0 Å². The van der Waals surface area contributed by atoms with Crippen molar-refractivity contribution in [3.63, 3.8) is 0 Å². The van der Waals surface area contributed by atoms with Gasteiger partial charge in [-0.3, -0.25) is 0 Å². The smallest absolute Gasteiger partial charge is 0.0166 e. The van der Waals surface area contributed by atoms with Crippen LogP contribution in [-0.4, -0.2) is 48.3 Å². The molecule has 4 nitrogen and oxygen atoms in total. The average molecular weight is 313 g/mol. The molecule has 0 saturated carbocycles. The van der Waals surface area contributed by atoms with Gasteiger partial charge in [0.2, 0.25) is 0 Å². The van der Waals surface area contributed by atoms with Crippen molar-refractivity contribution in [2.24, 2.45) is 0 Å². The summed E-state index contributed by atoms with van der Waals surface area (Å²) in [6.07, 6.45) is 2.26. The molecule has 1 aliphatic rings. The molecule has 132 valence electrons. The van der Waals surface area contributed by atoms with Gasteiger partial charge >= 0.3 is 0 Å². The first-order valence-electron chi connectivity index (χ1n) is 9.01. The normalized spacial score (nSPS) is 38.2. The van der Waals surface area contributed by atoms with Gasteiger partial charge in [-0.25, -0.2) is 0 Å². The molecule has 0 bridgehead atoms. The summed E-state index contributed by atoms with van der Waals surface area (Å²) in [5.41, 5.74) is 0.310. The highest BCUT2D eigenvalue weighted by Gasteiger charge is 2.25. The Morgan fingerprint density at radius 2 is 0.909 bits per heavy atom. The molecular weight excluding hydrogens is 272 g/mol. The summed E-state index contributed by atoms with van der Waals surface area (Å²) in [6, 6.07) is 1.98. The molecule has 1 fully saturated rings. The van der Waals surface area contributed by atoms with Gasteiger partial charge in [0.15, 0.2) is 0 Å². The molecule has 0 radical (unpaired) electrons. The molecule has 0 amide bonds. The summed E-state index contributed by atoms with van der Waals surface area (Å²) in [6.45, 7) is 20.4. The van der Waals surface area contributed by atoms with E-state index in [-0.39, 0.29) is 11.1 Å². The standard InChI is InChI=1S/C18H40N4/c1-13-9-17(5,6)19-12-16(4)22-14(2)10-18(7,8)20-11-15(3)21-13/h13-16,19-22H,9-12H2,1-8H3/t13-,14-,15-,16+/m1/s1. The van der Waals surface area contributed by atoms with Crippen LogP contribution in [-0.2, 0) is 0 Å². The van der Waals surface area contributed by atoms with Crippen molar-refractivity contribution in [3.05, 3.63) is 0 Å². The zero-order chi connectivity index (χ0) is 17.0. The number of nitrogens with one attached hydrogen (secondary N) is 4. The minimum Gasteiger partial charge on any atom is -0.310 e. The number of rotatable bonds is 0. The van der Waals surface area contributed by atoms with Crippen molar-refractivity contribution in [2.75, 3.05) is 13.1 Å². The number of hydrogen-bond acceptors (Lipinski definition) is 4. The Hall–Kier alpha value is -0.160. The third-order valence-electron chi connectivity index (χ3n) is 4.54. The minimum atomic E-state index is 0.155. The van der Waals surface area contributed by atoms with E-state index in [4.69, 9.17) is 0 Å². The Morgan fingerprint density at radius 1 is 0.591 bits per heavy atom. The van der Waals surface area contributed by atoms with E-state index in [0.29, 0.717) is 24.2 Å². The monoisotopic (exact) mass is 312 g/mol. The molecule has 0 aliphatic carbocycles. The van der Waals surface area contributed by atoms with E-state index in [1.165, 1.54) is 0 Å². The van der Waals surface area contributed by atoms with Crippen molar-refractivity contribution >= 4 is 0 Å². The molecule has 22 heavy (non-hydrogen) atoms. The van der Waals surface area contributed by atoms with Crippen molar-refractivity contribution in [1.82, 2.24) is 21.3 Å². The van der Waals surface area contributed by atoms with Gasteiger partial charge in [-0.2, -0.15) is 0 Å². The summed E-state index contributed by atoms with van der Waals surface area (Å²) < 4.78 is 0. The maximum absolute atomic E-state index is 3.73. The van der Waals surface area contributed by atoms with Crippen LogP contribution >= 0.6 is 0 Å². The SMILES string of the molecule is C[C@@H]1CNC(C)(C)C[C@@H](C)N[C@@H](C)CNC(C)(C)C[C@@H](C)N1. The molecule has 1 heterocycles. The summed E-state index contributed by atoms with van der Waals surface area (Å²) in [4.78, 5) is 0. The van der Waals surface area contributed by atoms with Crippen LogP contribution in [0.15, 0.2) is 0 Å². The van der Waals surface area contributed by atoms with Crippen LogP contribution in [0.4, 0.5) is 0 Å². The Morgan fingerprint density at radius 3 is 1.23 bits per heavy atom. The van der Waals surface area contributed by atoms with Gasteiger partial charge in [0, 0.05) is 48.3 Å². The van der Waals surface area contributed by atoms with Gasteiger partial charge in [-0.15, -0.1) is 0 Å². The molecule has 1 aliphatic heterocycles. The Balaban J connectivity index is 2.74. The van der Waals surface area contributed by atoms with E-state index < -0.39 is 0 Å². The van der Waals surface area contributed by atoms with Gasteiger partial charge in [0.1, 0.15) is 0 Å². The van der Waals surface area contributed by atoms with Crippen molar-refractivity contribution < 1.29 is 0 Å². The molecule has 1 saturated heterocycles. The largest absolute Gasteiger partial charge is 0.310 e. The highest BCUT2D eigenvalue weighted by atomic mass is 15.1. The van der Waals surface area contributed by atoms with Crippen LogP contribution in [0.5, 0.6) is 0 Å². The lowest BCUT2D eigenvalue weighted by Gasteiger charge is -2.36. The van der Waals surface area contributed by atoms with Gasteiger partial charge < -0.3 is 21.3 Å². The zero-order valence-corrected chi connectivity index (χ0v) is 16.1. The first-order valence-corrected chi connectivity index (χ1v) is 9.01. The van der Waals surface area contributed by atoms with E-state index in [1.54, 1.807) is 0 Å². The fraction of sp³-hybridized carbons (Fsp3) is 1.00. The van der Waals surface area contributed by atoms with Crippen LogP contribution in [0.1, 0.15) is 68.2 Å². The quantitative estimate of drug-likeness (QED) is 0.554. The highest BCUT2D eigenvalue weighted by molar-refractivity contribution is 4.89. The molecule has 4 heteroatoms. The molecule has 0 aromatic carbocycles. The predicted octanol–water partition coefficient (Wildman–Crippen LogP) is 2.25. The highest BCUT2D eigenvalue weighted by Crippen LogP contribution is 2.15. The van der Waals surface area contributed by atoms with E-state index >= 15 is 0 Å². The first kappa shape index (κ1) is 19.9. The second kappa shape index (κ2) is 8.09. The zero-order valence-electron chi connectivity index (χ0n) is 16.1. The van der Waals surface area contributed by atoms with Crippen molar-refractivity contribution in [2.45, 2.75) is 103 Å². The summed E-state index contributed by atoms with van der Waals surface area (Å²) in [5, 5.41) is 14.9. The molecular formula is C18H40N4. The lowest BCUT2D eigenvalue weighted by Crippen LogP contribution is -2.55. The van der Waals surface area contributed by atoms with Crippen molar-refractivity contribution in [3.8, 4) is 0 Å². The van der Waals surface area contributed by atoms with E-state index in [1.807, 2.05) is 0 Å². The van der Waals surface area contributed by atoms with Crippen LogP contribution in [0.3, 0.4) is 0 Å². The molecule has 4 atom stereocenters. The second-order valence-corrected chi connectivity index (χ2v) is 8.88. The fourth-order valence-corrected chi connectivity index (χ4v) is 3.74. The Labute approximate surface area is 138 Å².